The lowest BCUT2D eigenvalue weighted by molar-refractivity contribution is -0.117. The molecule has 1 aliphatic rings. The highest BCUT2D eigenvalue weighted by Crippen LogP contribution is 2.24. The Bertz CT molecular complexity index is 980. The third-order valence-electron chi connectivity index (χ3n) is 4.32. The first-order valence-corrected chi connectivity index (χ1v) is 9.86. The maximum Gasteiger partial charge on any atom is 0.244 e. The molecule has 2 aromatic carbocycles. The number of nitrogens with one attached hydrogen (secondary N) is 3. The third kappa shape index (κ3) is 4.15. The molecular formula is C18H19F2N3O3S. The van der Waals surface area contributed by atoms with Gasteiger partial charge in [-0.3, -0.25) is 4.79 Å². The van der Waals surface area contributed by atoms with Gasteiger partial charge < -0.3 is 10.6 Å². The normalized spacial score (nSPS) is 15.1. The van der Waals surface area contributed by atoms with Crippen molar-refractivity contribution in [3.63, 3.8) is 0 Å². The van der Waals surface area contributed by atoms with Gasteiger partial charge >= 0.3 is 0 Å². The number of amides is 1. The number of fused-ring (bicyclic) bond motifs is 1. The van der Waals surface area contributed by atoms with Gasteiger partial charge in [0.1, 0.15) is 16.5 Å². The number of carbonyl (C=O) groups excluding carboxylic acids is 1. The minimum absolute atomic E-state index is 0.0161. The summed E-state index contributed by atoms with van der Waals surface area (Å²) in [6.45, 7) is 2.49. The summed E-state index contributed by atoms with van der Waals surface area (Å²) in [5, 5.41) is 5.52. The average molecular weight is 395 g/mol. The molecule has 1 aliphatic heterocycles. The summed E-state index contributed by atoms with van der Waals surface area (Å²) in [4.78, 5) is 11.8. The van der Waals surface area contributed by atoms with Crippen molar-refractivity contribution in [2.24, 2.45) is 0 Å². The molecule has 0 saturated heterocycles. The Balaban J connectivity index is 1.74. The summed E-state index contributed by atoms with van der Waals surface area (Å²) in [6, 6.07) is 6.77. The van der Waals surface area contributed by atoms with Crippen molar-refractivity contribution in [3.05, 3.63) is 59.2 Å². The predicted molar refractivity (Wildman–Crippen MR) is 96.6 cm³/mol. The van der Waals surface area contributed by atoms with Crippen LogP contribution in [0, 0.1) is 11.6 Å². The molecule has 3 N–H and O–H groups in total. The van der Waals surface area contributed by atoms with E-state index < -0.39 is 38.5 Å². The zero-order valence-corrected chi connectivity index (χ0v) is 15.4. The Labute approximate surface area is 156 Å². The number of halogens is 2. The second kappa shape index (κ2) is 7.71. The van der Waals surface area contributed by atoms with Crippen LogP contribution >= 0.6 is 0 Å². The van der Waals surface area contributed by atoms with Crippen LogP contribution in [0.25, 0.3) is 0 Å². The molecule has 0 aliphatic carbocycles. The maximum absolute atomic E-state index is 14.6. The highest BCUT2D eigenvalue weighted by molar-refractivity contribution is 7.89. The SMILES string of the molecule is CC(NS(=O)(=O)c1ccccc1F)C(=O)Nc1ccc2c(c1F)CCNC2. The molecular weight excluding hydrogens is 376 g/mol. The van der Waals surface area contributed by atoms with Crippen LogP contribution in [0.4, 0.5) is 14.5 Å². The summed E-state index contributed by atoms with van der Waals surface area (Å²) < 4.78 is 55.0. The van der Waals surface area contributed by atoms with Crippen LogP contribution < -0.4 is 15.4 Å². The van der Waals surface area contributed by atoms with Crippen molar-refractivity contribution >= 4 is 21.6 Å². The molecule has 1 amide bonds. The van der Waals surface area contributed by atoms with E-state index in [1.165, 1.54) is 25.1 Å². The molecule has 1 heterocycles. The number of benzene rings is 2. The third-order valence-corrected chi connectivity index (χ3v) is 5.89. The summed E-state index contributed by atoms with van der Waals surface area (Å²) in [7, 11) is -4.24. The first kappa shape index (κ1) is 19.4. The topological polar surface area (TPSA) is 87.3 Å². The van der Waals surface area contributed by atoms with E-state index in [1.807, 2.05) is 0 Å². The fraction of sp³-hybridized carbons (Fsp3) is 0.278. The molecule has 0 saturated carbocycles. The van der Waals surface area contributed by atoms with Gasteiger partial charge in [-0.1, -0.05) is 18.2 Å². The number of sulfonamides is 1. The van der Waals surface area contributed by atoms with E-state index in [0.29, 0.717) is 25.1 Å². The molecule has 9 heteroatoms. The number of anilines is 1. The molecule has 0 fully saturated rings. The van der Waals surface area contributed by atoms with E-state index in [4.69, 9.17) is 0 Å². The summed E-state index contributed by atoms with van der Waals surface area (Å²) in [5.41, 5.74) is 1.34. The fourth-order valence-electron chi connectivity index (χ4n) is 2.88. The van der Waals surface area contributed by atoms with E-state index in [2.05, 4.69) is 15.4 Å². The molecule has 2 aromatic rings. The number of rotatable bonds is 5. The van der Waals surface area contributed by atoms with Crippen LogP contribution in [0.1, 0.15) is 18.1 Å². The Morgan fingerprint density at radius 1 is 1.19 bits per heavy atom. The van der Waals surface area contributed by atoms with Crippen molar-refractivity contribution in [2.75, 3.05) is 11.9 Å². The van der Waals surface area contributed by atoms with E-state index >= 15 is 0 Å². The molecule has 0 spiro atoms. The molecule has 27 heavy (non-hydrogen) atoms. The first-order chi connectivity index (χ1) is 12.8. The van der Waals surface area contributed by atoms with Crippen LogP contribution in [0.15, 0.2) is 41.3 Å². The van der Waals surface area contributed by atoms with Crippen LogP contribution in [0.3, 0.4) is 0 Å². The number of hydrogen-bond acceptors (Lipinski definition) is 4. The lowest BCUT2D eigenvalue weighted by Gasteiger charge is -2.20. The zero-order chi connectivity index (χ0) is 19.6. The van der Waals surface area contributed by atoms with Gasteiger partial charge in [-0.15, -0.1) is 0 Å². The van der Waals surface area contributed by atoms with Gasteiger partial charge in [-0.2, -0.15) is 4.72 Å². The molecule has 0 radical (unpaired) electrons. The van der Waals surface area contributed by atoms with Crippen LogP contribution in [-0.2, 0) is 27.8 Å². The highest BCUT2D eigenvalue weighted by Gasteiger charge is 2.25. The largest absolute Gasteiger partial charge is 0.322 e. The predicted octanol–water partition coefficient (Wildman–Crippen LogP) is 1.92. The number of hydrogen-bond donors (Lipinski definition) is 3. The summed E-state index contributed by atoms with van der Waals surface area (Å²) in [6.07, 6.45) is 0.500. The Morgan fingerprint density at radius 3 is 2.67 bits per heavy atom. The zero-order valence-electron chi connectivity index (χ0n) is 14.6. The minimum Gasteiger partial charge on any atom is -0.322 e. The van der Waals surface area contributed by atoms with Crippen molar-refractivity contribution in [1.82, 2.24) is 10.0 Å². The Hall–Kier alpha value is -2.36. The monoisotopic (exact) mass is 395 g/mol. The average Bonchev–Trinajstić information content (AvgIpc) is 2.64. The second-order valence-corrected chi connectivity index (χ2v) is 7.94. The smallest absolute Gasteiger partial charge is 0.244 e. The quantitative estimate of drug-likeness (QED) is 0.722. The van der Waals surface area contributed by atoms with Crippen molar-refractivity contribution < 1.29 is 22.0 Å². The van der Waals surface area contributed by atoms with Gasteiger partial charge in [-0.25, -0.2) is 17.2 Å². The lowest BCUT2D eigenvalue weighted by atomic mass is 9.99. The Kier molecular flexibility index (Phi) is 5.54. The molecule has 0 bridgehead atoms. The lowest BCUT2D eigenvalue weighted by Crippen LogP contribution is -2.42. The van der Waals surface area contributed by atoms with E-state index in [-0.39, 0.29) is 5.69 Å². The minimum atomic E-state index is -4.24. The Morgan fingerprint density at radius 2 is 1.93 bits per heavy atom. The van der Waals surface area contributed by atoms with Gasteiger partial charge in [0.2, 0.25) is 15.9 Å². The maximum atomic E-state index is 14.6. The van der Waals surface area contributed by atoms with E-state index in [1.54, 1.807) is 6.07 Å². The molecule has 6 nitrogen and oxygen atoms in total. The van der Waals surface area contributed by atoms with Crippen LogP contribution in [-0.4, -0.2) is 26.9 Å². The van der Waals surface area contributed by atoms with E-state index in [0.717, 1.165) is 17.7 Å². The molecule has 0 aromatic heterocycles. The number of carbonyl (C=O) groups is 1. The van der Waals surface area contributed by atoms with Crippen molar-refractivity contribution in [2.45, 2.75) is 30.8 Å². The second-order valence-electron chi connectivity index (χ2n) is 6.25. The van der Waals surface area contributed by atoms with Gasteiger partial charge in [0.05, 0.1) is 11.7 Å². The molecule has 3 rings (SSSR count). The molecule has 1 atom stereocenters. The van der Waals surface area contributed by atoms with Crippen LogP contribution in [0.2, 0.25) is 0 Å². The van der Waals surface area contributed by atoms with Gasteiger partial charge in [0.15, 0.2) is 0 Å². The van der Waals surface area contributed by atoms with Gasteiger partial charge in [0, 0.05) is 6.54 Å². The highest BCUT2D eigenvalue weighted by atomic mass is 32.2. The van der Waals surface area contributed by atoms with Crippen molar-refractivity contribution in [1.29, 1.82) is 0 Å². The van der Waals surface area contributed by atoms with Crippen molar-refractivity contribution in [3.8, 4) is 0 Å². The van der Waals surface area contributed by atoms with Crippen LogP contribution in [0.5, 0.6) is 0 Å². The fourth-order valence-corrected chi connectivity index (χ4v) is 4.17. The van der Waals surface area contributed by atoms with Gasteiger partial charge in [0.25, 0.3) is 0 Å². The summed E-state index contributed by atoms with van der Waals surface area (Å²) in [5.74, 6) is -2.19. The molecule has 1 unspecified atom stereocenters. The molecule has 144 valence electrons. The van der Waals surface area contributed by atoms with E-state index in [9.17, 15) is 22.0 Å². The summed E-state index contributed by atoms with van der Waals surface area (Å²) >= 11 is 0. The first-order valence-electron chi connectivity index (χ1n) is 8.38. The standard InChI is InChI=1S/C18H19F2N3O3S/c1-11(23-27(25,26)16-5-3-2-4-14(16)19)18(24)22-15-7-6-12-10-21-9-8-13(12)17(15)20/h2-7,11,21,23H,8-10H2,1H3,(H,22,24). The van der Waals surface area contributed by atoms with Gasteiger partial charge in [-0.05, 0) is 49.2 Å².